The smallest absolute Gasteiger partial charge is 0.119 e. The summed E-state index contributed by atoms with van der Waals surface area (Å²) in [4.78, 5) is 0. The predicted molar refractivity (Wildman–Crippen MR) is 92.1 cm³/mol. The first-order valence-electron chi connectivity index (χ1n) is 8.53. The molecule has 0 aliphatic carbocycles. The van der Waals surface area contributed by atoms with Gasteiger partial charge in [0, 0.05) is 12.2 Å². The first-order chi connectivity index (χ1) is 10.4. The molecular weight excluding hydrogens is 260 g/mol. The molecule has 0 spiro atoms. The van der Waals surface area contributed by atoms with E-state index < -0.39 is 0 Å². The fourth-order valence-corrected chi connectivity index (χ4v) is 2.24. The average Bonchev–Trinajstić information content (AvgIpc) is 2.52. The maximum Gasteiger partial charge on any atom is 0.119 e. The van der Waals surface area contributed by atoms with Crippen LogP contribution in [-0.2, 0) is 0 Å². The number of hydrogen-bond acceptors (Lipinski definition) is 3. The van der Waals surface area contributed by atoms with Gasteiger partial charge in [0.25, 0.3) is 0 Å². The van der Waals surface area contributed by atoms with Crippen molar-refractivity contribution in [2.24, 2.45) is 5.73 Å². The molecule has 0 saturated heterocycles. The normalized spacial score (nSPS) is 10.6. The van der Waals surface area contributed by atoms with Crippen molar-refractivity contribution in [2.75, 3.05) is 25.0 Å². The number of nitrogens with one attached hydrogen (secondary N) is 1. The number of benzene rings is 1. The van der Waals surface area contributed by atoms with E-state index in [4.69, 9.17) is 10.5 Å². The Balaban J connectivity index is 2.09. The van der Waals surface area contributed by atoms with Crippen molar-refractivity contribution in [3.63, 3.8) is 0 Å². The first-order valence-corrected chi connectivity index (χ1v) is 8.53. The maximum atomic E-state index is 5.74. The van der Waals surface area contributed by atoms with Crippen molar-refractivity contribution in [3.05, 3.63) is 24.3 Å². The van der Waals surface area contributed by atoms with Gasteiger partial charge in [0.1, 0.15) is 5.75 Å². The number of hydrogen-bond donors (Lipinski definition) is 2. The Hall–Kier alpha value is -1.22. The van der Waals surface area contributed by atoms with Gasteiger partial charge < -0.3 is 15.8 Å². The van der Waals surface area contributed by atoms with Gasteiger partial charge in [-0.25, -0.2) is 0 Å². The fourth-order valence-electron chi connectivity index (χ4n) is 2.24. The standard InChI is InChI=1S/C18H32N2O/c1-2-3-4-9-16-21-18-12-10-17(11-13-18)20-15-8-6-5-7-14-19/h10-13,20H,2-9,14-16,19H2,1H3. The summed E-state index contributed by atoms with van der Waals surface area (Å²) in [5, 5.41) is 3.45. The lowest BCUT2D eigenvalue weighted by Crippen LogP contribution is -2.03. The molecule has 0 amide bonds. The van der Waals surface area contributed by atoms with Gasteiger partial charge in [-0.1, -0.05) is 39.0 Å². The molecule has 1 rings (SSSR count). The van der Waals surface area contributed by atoms with Crippen LogP contribution in [0.15, 0.2) is 24.3 Å². The van der Waals surface area contributed by atoms with Crippen LogP contribution >= 0.6 is 0 Å². The largest absolute Gasteiger partial charge is 0.494 e. The highest BCUT2D eigenvalue weighted by molar-refractivity contribution is 5.46. The summed E-state index contributed by atoms with van der Waals surface area (Å²) in [5.74, 6) is 0.972. The third kappa shape index (κ3) is 9.35. The molecule has 0 saturated carbocycles. The van der Waals surface area contributed by atoms with Crippen LogP contribution in [0.25, 0.3) is 0 Å². The second-order valence-electron chi connectivity index (χ2n) is 5.56. The summed E-state index contributed by atoms with van der Waals surface area (Å²) in [6, 6.07) is 8.30. The van der Waals surface area contributed by atoms with Gasteiger partial charge in [-0.15, -0.1) is 0 Å². The SMILES string of the molecule is CCCCCCOc1ccc(NCCCCCCN)cc1. The summed E-state index contributed by atoms with van der Waals surface area (Å²) < 4.78 is 5.74. The molecule has 120 valence electrons. The predicted octanol–water partition coefficient (Wildman–Crippen LogP) is 4.58. The number of rotatable bonds is 13. The molecule has 0 aromatic heterocycles. The molecule has 1 aromatic carbocycles. The van der Waals surface area contributed by atoms with Crippen LogP contribution in [0.3, 0.4) is 0 Å². The van der Waals surface area contributed by atoms with Crippen LogP contribution in [0.5, 0.6) is 5.75 Å². The molecule has 0 aliphatic rings. The van der Waals surface area contributed by atoms with Crippen LogP contribution in [-0.4, -0.2) is 19.7 Å². The molecule has 0 radical (unpaired) electrons. The maximum absolute atomic E-state index is 5.74. The lowest BCUT2D eigenvalue weighted by molar-refractivity contribution is 0.305. The highest BCUT2D eigenvalue weighted by atomic mass is 16.5. The zero-order chi connectivity index (χ0) is 15.2. The van der Waals surface area contributed by atoms with Gasteiger partial charge in [0.05, 0.1) is 6.61 Å². The Morgan fingerprint density at radius 2 is 1.62 bits per heavy atom. The molecule has 0 unspecified atom stereocenters. The Morgan fingerprint density at radius 1 is 0.905 bits per heavy atom. The van der Waals surface area contributed by atoms with E-state index in [9.17, 15) is 0 Å². The Morgan fingerprint density at radius 3 is 2.33 bits per heavy atom. The van der Waals surface area contributed by atoms with Crippen LogP contribution in [0, 0.1) is 0 Å². The topological polar surface area (TPSA) is 47.3 Å². The second-order valence-corrected chi connectivity index (χ2v) is 5.56. The van der Waals surface area contributed by atoms with Gasteiger partial charge in [0.15, 0.2) is 0 Å². The zero-order valence-electron chi connectivity index (χ0n) is 13.6. The fraction of sp³-hybridized carbons (Fsp3) is 0.667. The van der Waals surface area contributed by atoms with E-state index >= 15 is 0 Å². The Bertz CT molecular complexity index is 338. The minimum Gasteiger partial charge on any atom is -0.494 e. The minimum atomic E-state index is 0.813. The highest BCUT2D eigenvalue weighted by Gasteiger charge is 1.96. The third-order valence-corrected chi connectivity index (χ3v) is 3.58. The van der Waals surface area contributed by atoms with Gasteiger partial charge in [-0.05, 0) is 50.1 Å². The van der Waals surface area contributed by atoms with Crippen molar-refractivity contribution in [2.45, 2.75) is 58.3 Å². The van der Waals surface area contributed by atoms with Crippen LogP contribution < -0.4 is 15.8 Å². The minimum absolute atomic E-state index is 0.813. The highest BCUT2D eigenvalue weighted by Crippen LogP contribution is 2.16. The molecule has 0 bridgehead atoms. The van der Waals surface area contributed by atoms with Crippen molar-refractivity contribution >= 4 is 5.69 Å². The zero-order valence-corrected chi connectivity index (χ0v) is 13.6. The van der Waals surface area contributed by atoms with Crippen molar-refractivity contribution in [3.8, 4) is 5.75 Å². The van der Waals surface area contributed by atoms with Crippen molar-refractivity contribution in [1.82, 2.24) is 0 Å². The molecule has 0 fully saturated rings. The molecule has 1 aromatic rings. The number of anilines is 1. The summed E-state index contributed by atoms with van der Waals surface area (Å²) >= 11 is 0. The molecule has 3 nitrogen and oxygen atoms in total. The number of ether oxygens (including phenoxy) is 1. The first kappa shape index (κ1) is 17.8. The Kier molecular flexibility index (Phi) is 10.6. The van der Waals surface area contributed by atoms with Gasteiger partial charge in [0.2, 0.25) is 0 Å². The van der Waals surface area contributed by atoms with E-state index in [-0.39, 0.29) is 0 Å². The van der Waals surface area contributed by atoms with Crippen LogP contribution in [0.4, 0.5) is 5.69 Å². The molecule has 0 heterocycles. The second kappa shape index (κ2) is 12.5. The van der Waals surface area contributed by atoms with E-state index in [0.717, 1.165) is 38.3 Å². The van der Waals surface area contributed by atoms with Gasteiger partial charge >= 0.3 is 0 Å². The summed E-state index contributed by atoms with van der Waals surface area (Å²) in [7, 11) is 0. The molecular formula is C18H32N2O. The molecule has 0 atom stereocenters. The van der Waals surface area contributed by atoms with Crippen LogP contribution in [0.2, 0.25) is 0 Å². The van der Waals surface area contributed by atoms with E-state index in [2.05, 4.69) is 36.5 Å². The number of unbranched alkanes of at least 4 members (excludes halogenated alkanes) is 6. The van der Waals surface area contributed by atoms with E-state index in [1.165, 1.54) is 44.2 Å². The van der Waals surface area contributed by atoms with Gasteiger partial charge in [-0.3, -0.25) is 0 Å². The lowest BCUT2D eigenvalue weighted by Gasteiger charge is -2.09. The molecule has 3 N–H and O–H groups in total. The molecule has 0 aliphatic heterocycles. The van der Waals surface area contributed by atoms with Crippen molar-refractivity contribution in [1.29, 1.82) is 0 Å². The summed E-state index contributed by atoms with van der Waals surface area (Å²) in [5.41, 5.74) is 6.65. The quantitative estimate of drug-likeness (QED) is 0.523. The molecule has 3 heteroatoms. The Labute approximate surface area is 130 Å². The summed E-state index contributed by atoms with van der Waals surface area (Å²) in [6.07, 6.45) is 9.83. The van der Waals surface area contributed by atoms with E-state index in [0.29, 0.717) is 0 Å². The van der Waals surface area contributed by atoms with Crippen LogP contribution in [0.1, 0.15) is 58.3 Å². The average molecular weight is 292 g/mol. The van der Waals surface area contributed by atoms with E-state index in [1.807, 2.05) is 0 Å². The molecule has 21 heavy (non-hydrogen) atoms. The lowest BCUT2D eigenvalue weighted by atomic mass is 10.2. The van der Waals surface area contributed by atoms with Crippen molar-refractivity contribution < 1.29 is 4.74 Å². The van der Waals surface area contributed by atoms with Gasteiger partial charge in [-0.2, -0.15) is 0 Å². The number of nitrogens with two attached hydrogens (primary N) is 1. The third-order valence-electron chi connectivity index (χ3n) is 3.58. The summed E-state index contributed by atoms with van der Waals surface area (Å²) in [6.45, 7) is 4.90. The monoisotopic (exact) mass is 292 g/mol. The van der Waals surface area contributed by atoms with E-state index in [1.54, 1.807) is 0 Å².